The molecule has 1 atom stereocenters. The zero-order chi connectivity index (χ0) is 14.7. The third kappa shape index (κ3) is 2.80. The minimum atomic E-state index is 0.123. The fraction of sp³-hybridized carbons (Fsp3) is 0.400. The summed E-state index contributed by atoms with van der Waals surface area (Å²) in [5, 5.41) is 7.63. The Morgan fingerprint density at radius 3 is 3.00 bits per heavy atom. The van der Waals surface area contributed by atoms with Crippen molar-refractivity contribution in [3.63, 3.8) is 0 Å². The van der Waals surface area contributed by atoms with Gasteiger partial charge in [-0.3, -0.25) is 9.48 Å². The van der Waals surface area contributed by atoms with Crippen LogP contribution in [0.3, 0.4) is 0 Å². The Morgan fingerprint density at radius 1 is 1.38 bits per heavy atom. The van der Waals surface area contributed by atoms with Gasteiger partial charge in [0.05, 0.1) is 12.7 Å². The van der Waals surface area contributed by atoms with Crippen LogP contribution in [-0.2, 0) is 11.3 Å². The van der Waals surface area contributed by atoms with E-state index in [-0.39, 0.29) is 5.91 Å². The molecule has 2 heterocycles. The third-order valence-electron chi connectivity index (χ3n) is 3.91. The summed E-state index contributed by atoms with van der Waals surface area (Å²) in [7, 11) is 0. The topological polar surface area (TPSA) is 77.0 Å². The van der Waals surface area contributed by atoms with Crippen LogP contribution in [0.4, 0.5) is 5.69 Å². The van der Waals surface area contributed by atoms with E-state index in [0.717, 1.165) is 18.7 Å². The Kier molecular flexibility index (Phi) is 3.96. The minimum absolute atomic E-state index is 0.123. The smallest absolute Gasteiger partial charge is 0.228 e. The molecule has 1 aromatic carbocycles. The summed E-state index contributed by atoms with van der Waals surface area (Å²) in [6.07, 6.45) is 4.71. The van der Waals surface area contributed by atoms with Gasteiger partial charge in [-0.1, -0.05) is 23.4 Å². The Balaban J connectivity index is 1.72. The second-order valence-corrected chi connectivity index (χ2v) is 5.25. The number of rotatable bonds is 5. The van der Waals surface area contributed by atoms with E-state index in [0.29, 0.717) is 25.4 Å². The van der Waals surface area contributed by atoms with Crippen LogP contribution in [0.5, 0.6) is 0 Å². The molecule has 3 rings (SSSR count). The molecular weight excluding hydrogens is 266 g/mol. The van der Waals surface area contributed by atoms with Crippen LogP contribution in [0.15, 0.2) is 36.7 Å². The van der Waals surface area contributed by atoms with Gasteiger partial charge in [0.15, 0.2) is 0 Å². The van der Waals surface area contributed by atoms with Crippen molar-refractivity contribution in [1.82, 2.24) is 15.0 Å². The Labute approximate surface area is 123 Å². The van der Waals surface area contributed by atoms with Gasteiger partial charge in [-0.15, -0.1) is 5.10 Å². The minimum Gasteiger partial charge on any atom is -0.330 e. The molecule has 1 amide bonds. The second kappa shape index (κ2) is 6.05. The normalized spacial score (nSPS) is 17.0. The third-order valence-corrected chi connectivity index (χ3v) is 3.91. The molecular formula is C15H19N5O. The Morgan fingerprint density at radius 2 is 2.24 bits per heavy atom. The van der Waals surface area contributed by atoms with Gasteiger partial charge in [0.25, 0.3) is 0 Å². The number of aromatic nitrogens is 3. The largest absolute Gasteiger partial charge is 0.330 e. The predicted octanol–water partition coefficient (Wildman–Crippen LogP) is 1.15. The first kappa shape index (κ1) is 13.8. The number of aryl methyl sites for hydroxylation is 1. The fourth-order valence-corrected chi connectivity index (χ4v) is 2.88. The molecule has 6 nitrogen and oxygen atoms in total. The van der Waals surface area contributed by atoms with Crippen molar-refractivity contribution in [2.24, 2.45) is 5.73 Å². The van der Waals surface area contributed by atoms with Gasteiger partial charge in [-0.05, 0) is 24.6 Å². The average Bonchev–Trinajstić information content (AvgIpc) is 3.14. The molecule has 0 spiro atoms. The zero-order valence-electron chi connectivity index (χ0n) is 11.9. The van der Waals surface area contributed by atoms with Gasteiger partial charge in [0, 0.05) is 30.8 Å². The highest BCUT2D eigenvalue weighted by Gasteiger charge is 2.31. The molecule has 1 unspecified atom stereocenters. The number of amides is 1. The maximum absolute atomic E-state index is 12.5. The summed E-state index contributed by atoms with van der Waals surface area (Å²) in [6, 6.07) is 8.10. The molecule has 0 radical (unpaired) electrons. The van der Waals surface area contributed by atoms with E-state index in [1.165, 1.54) is 5.56 Å². The highest BCUT2D eigenvalue weighted by Crippen LogP contribution is 2.37. The number of anilines is 1. The van der Waals surface area contributed by atoms with Gasteiger partial charge in [-0.25, -0.2) is 0 Å². The van der Waals surface area contributed by atoms with E-state index >= 15 is 0 Å². The molecule has 0 saturated heterocycles. The summed E-state index contributed by atoms with van der Waals surface area (Å²) < 4.78 is 1.68. The van der Waals surface area contributed by atoms with Crippen LogP contribution in [-0.4, -0.2) is 34.0 Å². The van der Waals surface area contributed by atoms with Crippen LogP contribution in [0.2, 0.25) is 0 Å². The maximum atomic E-state index is 12.5. The molecule has 21 heavy (non-hydrogen) atoms. The summed E-state index contributed by atoms with van der Waals surface area (Å²) >= 11 is 0. The number of nitrogens with zero attached hydrogens (tertiary/aromatic N) is 4. The number of nitrogens with two attached hydrogens (primary N) is 1. The first-order valence-electron chi connectivity index (χ1n) is 7.23. The van der Waals surface area contributed by atoms with Crippen molar-refractivity contribution >= 4 is 11.6 Å². The van der Waals surface area contributed by atoms with Gasteiger partial charge in [0.2, 0.25) is 5.91 Å². The van der Waals surface area contributed by atoms with Crippen LogP contribution in [0.1, 0.15) is 24.3 Å². The molecule has 0 bridgehead atoms. The van der Waals surface area contributed by atoms with Gasteiger partial charge >= 0.3 is 0 Å². The van der Waals surface area contributed by atoms with Crippen molar-refractivity contribution in [3.05, 3.63) is 42.2 Å². The number of hydrogen-bond donors (Lipinski definition) is 1. The number of para-hydroxylation sites is 1. The molecule has 2 N–H and O–H groups in total. The fourth-order valence-electron chi connectivity index (χ4n) is 2.88. The summed E-state index contributed by atoms with van der Waals surface area (Å²) in [6.45, 7) is 1.92. The van der Waals surface area contributed by atoms with E-state index in [9.17, 15) is 4.79 Å². The highest BCUT2D eigenvalue weighted by atomic mass is 16.2. The lowest BCUT2D eigenvalue weighted by Gasteiger charge is -2.17. The van der Waals surface area contributed by atoms with Crippen molar-refractivity contribution in [3.8, 4) is 0 Å². The van der Waals surface area contributed by atoms with Crippen LogP contribution >= 0.6 is 0 Å². The first-order chi connectivity index (χ1) is 10.3. The molecule has 1 aliphatic rings. The van der Waals surface area contributed by atoms with Crippen molar-refractivity contribution in [2.45, 2.75) is 25.3 Å². The van der Waals surface area contributed by atoms with Crippen LogP contribution < -0.4 is 10.6 Å². The number of benzene rings is 1. The zero-order valence-corrected chi connectivity index (χ0v) is 11.9. The molecule has 0 saturated carbocycles. The molecule has 2 aromatic rings. The monoisotopic (exact) mass is 285 g/mol. The number of hydrogen-bond acceptors (Lipinski definition) is 4. The van der Waals surface area contributed by atoms with E-state index < -0.39 is 0 Å². The van der Waals surface area contributed by atoms with Crippen molar-refractivity contribution in [1.29, 1.82) is 0 Å². The molecule has 0 fully saturated rings. The lowest BCUT2D eigenvalue weighted by molar-refractivity contribution is -0.118. The summed E-state index contributed by atoms with van der Waals surface area (Å²) in [5.41, 5.74) is 7.95. The van der Waals surface area contributed by atoms with E-state index in [2.05, 4.69) is 16.4 Å². The molecule has 110 valence electrons. The van der Waals surface area contributed by atoms with Crippen LogP contribution in [0, 0.1) is 0 Å². The van der Waals surface area contributed by atoms with Crippen molar-refractivity contribution < 1.29 is 4.79 Å². The molecule has 0 aliphatic carbocycles. The lowest BCUT2D eigenvalue weighted by atomic mass is 9.98. The summed E-state index contributed by atoms with van der Waals surface area (Å²) in [4.78, 5) is 14.4. The standard InChI is InChI=1S/C15H19N5O/c16-7-5-12-11-20(14-4-2-1-3-13(12)14)15(21)6-9-19-10-8-17-18-19/h1-4,8,10,12H,5-7,9,11,16H2. The Bertz CT molecular complexity index is 610. The molecule has 1 aliphatic heterocycles. The quantitative estimate of drug-likeness (QED) is 0.894. The Hall–Kier alpha value is -2.21. The van der Waals surface area contributed by atoms with Gasteiger partial charge in [-0.2, -0.15) is 0 Å². The average molecular weight is 285 g/mol. The van der Waals surface area contributed by atoms with Gasteiger partial charge in [0.1, 0.15) is 0 Å². The predicted molar refractivity (Wildman–Crippen MR) is 79.8 cm³/mol. The lowest BCUT2D eigenvalue weighted by Crippen LogP contribution is -2.30. The van der Waals surface area contributed by atoms with E-state index in [1.807, 2.05) is 23.1 Å². The highest BCUT2D eigenvalue weighted by molar-refractivity contribution is 5.95. The maximum Gasteiger partial charge on any atom is 0.228 e. The van der Waals surface area contributed by atoms with Gasteiger partial charge < -0.3 is 10.6 Å². The first-order valence-corrected chi connectivity index (χ1v) is 7.23. The molecule has 6 heteroatoms. The van der Waals surface area contributed by atoms with Crippen molar-refractivity contribution in [2.75, 3.05) is 18.0 Å². The van der Waals surface area contributed by atoms with Crippen LogP contribution in [0.25, 0.3) is 0 Å². The molecule has 1 aromatic heterocycles. The number of fused-ring (bicyclic) bond motifs is 1. The van der Waals surface area contributed by atoms with E-state index in [4.69, 9.17) is 5.73 Å². The second-order valence-electron chi connectivity index (χ2n) is 5.25. The SMILES string of the molecule is NCCC1CN(C(=O)CCn2ccnn2)c2ccccc21. The summed E-state index contributed by atoms with van der Waals surface area (Å²) in [5.74, 6) is 0.471. The van der Waals surface area contributed by atoms with E-state index in [1.54, 1.807) is 17.1 Å². The number of carbonyl (C=O) groups is 1. The number of carbonyl (C=O) groups excluding carboxylic acids is 1.